The van der Waals surface area contributed by atoms with E-state index in [0.29, 0.717) is 52.1 Å². The van der Waals surface area contributed by atoms with Gasteiger partial charge in [0.05, 0.1) is 31.4 Å². The maximum absolute atomic E-state index is 14.9. The van der Waals surface area contributed by atoms with Crippen molar-refractivity contribution in [3.63, 3.8) is 0 Å². The maximum Gasteiger partial charge on any atom is 0.241 e. The van der Waals surface area contributed by atoms with Gasteiger partial charge in [0.25, 0.3) is 0 Å². The predicted octanol–water partition coefficient (Wildman–Crippen LogP) is 2.33. The molecule has 0 saturated heterocycles. The number of nitrogens with two attached hydrogens (primary N) is 1. The molecular formula is C21H22F2N6O3S. The first kappa shape index (κ1) is 23.0. The van der Waals surface area contributed by atoms with E-state index in [9.17, 15) is 17.2 Å². The first-order valence-electron chi connectivity index (χ1n) is 9.85. The number of primary sulfonamides is 1. The Hall–Kier alpha value is -3.22. The summed E-state index contributed by atoms with van der Waals surface area (Å²) < 4.78 is 59.4. The fourth-order valence-corrected chi connectivity index (χ4v) is 4.30. The average Bonchev–Trinajstić information content (AvgIpc) is 3.07. The number of ether oxygens (including phenoxy) is 1. The molecule has 0 saturated carbocycles. The molecule has 0 amide bonds. The lowest BCUT2D eigenvalue weighted by Crippen LogP contribution is -2.18. The summed E-state index contributed by atoms with van der Waals surface area (Å²) >= 11 is 0. The number of hydrogen-bond acceptors (Lipinski definition) is 7. The highest BCUT2D eigenvalue weighted by Crippen LogP contribution is 2.30. The van der Waals surface area contributed by atoms with Crippen molar-refractivity contribution in [1.29, 1.82) is 0 Å². The summed E-state index contributed by atoms with van der Waals surface area (Å²) in [5, 5.41) is 5.65. The summed E-state index contributed by atoms with van der Waals surface area (Å²) in [5.41, 5.74) is 2.25. The van der Waals surface area contributed by atoms with E-state index < -0.39 is 26.6 Å². The Morgan fingerprint density at radius 3 is 2.48 bits per heavy atom. The highest BCUT2D eigenvalue weighted by molar-refractivity contribution is 7.89. The van der Waals surface area contributed by atoms with Crippen molar-refractivity contribution in [2.75, 3.05) is 21.2 Å². The molecule has 3 aromatic heterocycles. The zero-order valence-corrected chi connectivity index (χ0v) is 19.2. The van der Waals surface area contributed by atoms with Crippen LogP contribution in [0.2, 0.25) is 0 Å². The number of aromatic nitrogens is 4. The standard InChI is InChI=1S/C21H22F2N6O3S/c1-11-19-20(13-5-6-18(32-4)27-21(13)25-11)29(17(26-19)10-28(2)3)9-12-7-15(23)16(8-14(12)22)33(24,30)31/h5-8H,9-10H2,1-4H3,(H2,24,30,31). The van der Waals surface area contributed by atoms with Gasteiger partial charge in [0.1, 0.15) is 27.9 Å². The number of sulfonamides is 1. The van der Waals surface area contributed by atoms with Crippen LogP contribution in [-0.4, -0.2) is 54.0 Å². The third kappa shape index (κ3) is 4.24. The molecule has 0 spiro atoms. The fraction of sp³-hybridized carbons (Fsp3) is 0.286. The summed E-state index contributed by atoms with van der Waals surface area (Å²) in [5.74, 6) is -1.03. The normalized spacial score (nSPS) is 12.2. The topological polar surface area (TPSA) is 116 Å². The Labute approximate surface area is 188 Å². The molecule has 0 radical (unpaired) electrons. The number of halogens is 2. The van der Waals surface area contributed by atoms with Crippen LogP contribution in [0.1, 0.15) is 17.1 Å². The third-order valence-corrected chi connectivity index (χ3v) is 6.10. The van der Waals surface area contributed by atoms with Crippen molar-refractivity contribution < 1.29 is 21.9 Å². The van der Waals surface area contributed by atoms with Crippen molar-refractivity contribution in [3.05, 3.63) is 53.0 Å². The van der Waals surface area contributed by atoms with Gasteiger partial charge in [-0.15, -0.1) is 0 Å². The Morgan fingerprint density at radius 1 is 1.12 bits per heavy atom. The van der Waals surface area contributed by atoms with Gasteiger partial charge >= 0.3 is 0 Å². The molecule has 0 aliphatic carbocycles. The van der Waals surface area contributed by atoms with E-state index in [-0.39, 0.29) is 12.1 Å². The SMILES string of the molecule is COc1ccc2c(n1)nc(C)c1nc(CN(C)C)n(Cc3cc(F)c(S(N)(=O)=O)cc3F)c12. The lowest BCUT2D eigenvalue weighted by atomic mass is 10.1. The summed E-state index contributed by atoms with van der Waals surface area (Å²) in [7, 11) is 0.821. The lowest BCUT2D eigenvalue weighted by molar-refractivity contribution is 0.383. The van der Waals surface area contributed by atoms with E-state index in [1.807, 2.05) is 19.0 Å². The quantitative estimate of drug-likeness (QED) is 0.454. The molecule has 0 aliphatic heterocycles. The molecule has 0 bridgehead atoms. The van der Waals surface area contributed by atoms with Crippen molar-refractivity contribution in [3.8, 4) is 5.88 Å². The van der Waals surface area contributed by atoms with E-state index in [0.717, 1.165) is 6.07 Å². The minimum atomic E-state index is -4.40. The van der Waals surface area contributed by atoms with Crippen LogP contribution in [0.25, 0.3) is 22.1 Å². The van der Waals surface area contributed by atoms with Gasteiger partial charge in [-0.1, -0.05) is 0 Å². The predicted molar refractivity (Wildman–Crippen MR) is 118 cm³/mol. The second-order valence-corrected chi connectivity index (χ2v) is 9.42. The van der Waals surface area contributed by atoms with E-state index in [1.165, 1.54) is 7.11 Å². The molecule has 0 fully saturated rings. The Kier molecular flexibility index (Phi) is 5.76. The van der Waals surface area contributed by atoms with Gasteiger partial charge < -0.3 is 14.2 Å². The summed E-state index contributed by atoms with van der Waals surface area (Å²) in [6.45, 7) is 2.11. The van der Waals surface area contributed by atoms with Crippen LogP contribution in [0, 0.1) is 18.6 Å². The number of nitrogens with zero attached hydrogens (tertiary/aromatic N) is 5. The van der Waals surface area contributed by atoms with Gasteiger partial charge in [0.2, 0.25) is 15.9 Å². The molecule has 3 heterocycles. The summed E-state index contributed by atoms with van der Waals surface area (Å²) in [4.78, 5) is 14.6. The molecule has 33 heavy (non-hydrogen) atoms. The minimum absolute atomic E-state index is 0.0525. The number of pyridine rings is 2. The second kappa shape index (κ2) is 8.28. The molecule has 12 heteroatoms. The van der Waals surface area contributed by atoms with Gasteiger partial charge in [-0.05, 0) is 39.2 Å². The zero-order valence-electron chi connectivity index (χ0n) is 18.4. The summed E-state index contributed by atoms with van der Waals surface area (Å²) in [6, 6.07) is 4.91. The average molecular weight is 477 g/mol. The molecule has 0 unspecified atom stereocenters. The van der Waals surface area contributed by atoms with Crippen molar-refractivity contribution in [2.45, 2.75) is 24.9 Å². The number of rotatable bonds is 6. The van der Waals surface area contributed by atoms with E-state index in [4.69, 9.17) is 14.9 Å². The molecular weight excluding hydrogens is 454 g/mol. The smallest absolute Gasteiger partial charge is 0.241 e. The van der Waals surface area contributed by atoms with Crippen LogP contribution in [0.4, 0.5) is 8.78 Å². The molecule has 4 rings (SSSR count). The number of aryl methyl sites for hydroxylation is 1. The number of methoxy groups -OCH3 is 1. The minimum Gasteiger partial charge on any atom is -0.481 e. The van der Waals surface area contributed by atoms with Crippen LogP contribution in [0.3, 0.4) is 0 Å². The highest BCUT2D eigenvalue weighted by atomic mass is 32.2. The largest absolute Gasteiger partial charge is 0.481 e. The van der Waals surface area contributed by atoms with Gasteiger partial charge in [0.15, 0.2) is 5.65 Å². The highest BCUT2D eigenvalue weighted by Gasteiger charge is 2.22. The van der Waals surface area contributed by atoms with E-state index in [2.05, 4.69) is 9.97 Å². The van der Waals surface area contributed by atoms with Crippen LogP contribution in [-0.2, 0) is 23.1 Å². The van der Waals surface area contributed by atoms with Crippen molar-refractivity contribution in [2.24, 2.45) is 5.14 Å². The first-order chi connectivity index (χ1) is 15.5. The van der Waals surface area contributed by atoms with Crippen LogP contribution < -0.4 is 9.88 Å². The van der Waals surface area contributed by atoms with Crippen LogP contribution in [0.15, 0.2) is 29.2 Å². The van der Waals surface area contributed by atoms with Crippen LogP contribution >= 0.6 is 0 Å². The summed E-state index contributed by atoms with van der Waals surface area (Å²) in [6.07, 6.45) is 0. The first-order valence-corrected chi connectivity index (χ1v) is 11.4. The molecule has 9 nitrogen and oxygen atoms in total. The fourth-order valence-electron chi connectivity index (χ4n) is 3.70. The van der Waals surface area contributed by atoms with Gasteiger partial charge in [-0.3, -0.25) is 0 Å². The Morgan fingerprint density at radius 2 is 1.85 bits per heavy atom. The Balaban J connectivity index is 1.98. The van der Waals surface area contributed by atoms with Gasteiger partial charge in [0, 0.05) is 17.0 Å². The molecule has 0 aliphatic rings. The number of imidazole rings is 1. The number of benzene rings is 1. The molecule has 0 atom stereocenters. The van der Waals surface area contributed by atoms with Gasteiger partial charge in [-0.2, -0.15) is 4.98 Å². The zero-order chi connectivity index (χ0) is 24.1. The van der Waals surface area contributed by atoms with Crippen molar-refractivity contribution >= 4 is 32.1 Å². The van der Waals surface area contributed by atoms with E-state index in [1.54, 1.807) is 23.6 Å². The molecule has 4 aromatic rings. The third-order valence-electron chi connectivity index (χ3n) is 5.17. The second-order valence-electron chi connectivity index (χ2n) is 7.89. The number of fused-ring (bicyclic) bond motifs is 3. The Bertz CT molecular complexity index is 1500. The molecule has 2 N–H and O–H groups in total. The molecule has 174 valence electrons. The van der Waals surface area contributed by atoms with Crippen LogP contribution in [0.5, 0.6) is 5.88 Å². The molecule has 1 aromatic carbocycles. The van der Waals surface area contributed by atoms with Gasteiger partial charge in [-0.25, -0.2) is 32.3 Å². The lowest BCUT2D eigenvalue weighted by Gasteiger charge is -2.15. The van der Waals surface area contributed by atoms with E-state index >= 15 is 0 Å². The maximum atomic E-state index is 14.9. The van der Waals surface area contributed by atoms with Crippen molar-refractivity contribution in [1.82, 2.24) is 24.4 Å². The monoisotopic (exact) mass is 476 g/mol. The number of hydrogen-bond donors (Lipinski definition) is 1.